The normalized spacial score (nSPS) is 14.5. The van der Waals surface area contributed by atoms with E-state index in [1.54, 1.807) is 18.4 Å². The van der Waals surface area contributed by atoms with Gasteiger partial charge in [0.05, 0.1) is 6.26 Å². The Bertz CT molecular complexity index is 607. The molecule has 0 aliphatic carbocycles. The second kappa shape index (κ2) is 6.65. The smallest absolute Gasteiger partial charge is 0.132 e. The summed E-state index contributed by atoms with van der Waals surface area (Å²) >= 11 is 0. The van der Waals surface area contributed by atoms with Gasteiger partial charge in [-0.25, -0.2) is 8.78 Å². The van der Waals surface area contributed by atoms with E-state index in [4.69, 9.17) is 4.42 Å². The summed E-state index contributed by atoms with van der Waals surface area (Å²) in [5, 5.41) is 13.3. The van der Waals surface area contributed by atoms with Crippen molar-refractivity contribution in [1.82, 2.24) is 5.32 Å². The molecule has 0 bridgehead atoms. The molecule has 1 heterocycles. The first-order valence-corrected chi connectivity index (χ1v) is 6.58. The molecule has 0 saturated heterocycles. The Morgan fingerprint density at radius 1 is 1.33 bits per heavy atom. The van der Waals surface area contributed by atoms with Crippen LogP contribution < -0.4 is 5.32 Å². The lowest BCUT2D eigenvalue weighted by Crippen LogP contribution is -2.36. The Morgan fingerprint density at radius 2 is 2.14 bits per heavy atom. The number of furan rings is 1. The van der Waals surface area contributed by atoms with Gasteiger partial charge >= 0.3 is 0 Å². The number of halogens is 2. The third-order valence-corrected chi connectivity index (χ3v) is 3.07. The van der Waals surface area contributed by atoms with Gasteiger partial charge in [-0.05, 0) is 31.2 Å². The van der Waals surface area contributed by atoms with Gasteiger partial charge in [-0.15, -0.1) is 0 Å². The van der Waals surface area contributed by atoms with Crippen LogP contribution >= 0.6 is 0 Å². The monoisotopic (exact) mass is 293 g/mol. The van der Waals surface area contributed by atoms with Gasteiger partial charge in [0, 0.05) is 24.7 Å². The summed E-state index contributed by atoms with van der Waals surface area (Å²) in [4.78, 5) is 0. The van der Waals surface area contributed by atoms with E-state index in [9.17, 15) is 13.9 Å². The van der Waals surface area contributed by atoms with Crippen molar-refractivity contribution in [3.63, 3.8) is 0 Å². The van der Waals surface area contributed by atoms with E-state index < -0.39 is 17.2 Å². The number of hydrogen-bond acceptors (Lipinski definition) is 3. The molecule has 21 heavy (non-hydrogen) atoms. The van der Waals surface area contributed by atoms with E-state index in [0.717, 1.165) is 17.9 Å². The van der Waals surface area contributed by atoms with Crippen molar-refractivity contribution in [2.45, 2.75) is 12.5 Å². The van der Waals surface area contributed by atoms with Crippen molar-refractivity contribution in [2.24, 2.45) is 0 Å². The third-order valence-electron chi connectivity index (χ3n) is 3.07. The van der Waals surface area contributed by atoms with Crippen LogP contribution in [0.2, 0.25) is 0 Å². The van der Waals surface area contributed by atoms with E-state index in [2.05, 4.69) is 5.32 Å². The second-order valence-electron chi connectivity index (χ2n) is 4.95. The molecule has 0 spiro atoms. The highest BCUT2D eigenvalue weighted by molar-refractivity contribution is 5.42. The maximum atomic E-state index is 13.7. The molecule has 0 fully saturated rings. The van der Waals surface area contributed by atoms with Crippen LogP contribution in [-0.4, -0.2) is 18.2 Å². The first kappa shape index (κ1) is 15.4. The van der Waals surface area contributed by atoms with Crippen molar-refractivity contribution in [2.75, 3.05) is 13.1 Å². The summed E-state index contributed by atoms with van der Waals surface area (Å²) in [6, 6.07) is 6.76. The zero-order valence-corrected chi connectivity index (χ0v) is 11.6. The number of benzene rings is 1. The number of hydrogen-bond donors (Lipinski definition) is 2. The molecule has 1 aromatic carbocycles. The molecule has 1 aromatic heterocycles. The summed E-state index contributed by atoms with van der Waals surface area (Å²) in [6.07, 6.45) is 5.20. The predicted octanol–water partition coefficient (Wildman–Crippen LogP) is 3.07. The zero-order chi connectivity index (χ0) is 15.3. The van der Waals surface area contributed by atoms with Gasteiger partial charge in [0.1, 0.15) is 23.0 Å². The lowest BCUT2D eigenvalue weighted by atomic mass is 9.95. The highest BCUT2D eigenvalue weighted by Gasteiger charge is 2.26. The Hall–Kier alpha value is -1.98. The number of nitrogens with one attached hydrogen (secondary N) is 1. The molecule has 5 heteroatoms. The minimum absolute atomic E-state index is 0.0615. The molecule has 2 aromatic rings. The van der Waals surface area contributed by atoms with Crippen LogP contribution in [0.3, 0.4) is 0 Å². The van der Waals surface area contributed by atoms with E-state index in [1.807, 2.05) is 12.1 Å². The molecular formula is C16H17F2NO2. The summed E-state index contributed by atoms with van der Waals surface area (Å²) < 4.78 is 31.6. The Labute approximate surface area is 121 Å². The van der Waals surface area contributed by atoms with Crippen molar-refractivity contribution in [1.29, 1.82) is 0 Å². The predicted molar refractivity (Wildman–Crippen MR) is 76.5 cm³/mol. The largest absolute Gasteiger partial charge is 0.465 e. The summed E-state index contributed by atoms with van der Waals surface area (Å²) in [5.41, 5.74) is -1.36. The summed E-state index contributed by atoms with van der Waals surface area (Å²) in [5.74, 6) is -0.692. The van der Waals surface area contributed by atoms with Crippen molar-refractivity contribution < 1.29 is 18.3 Å². The quantitative estimate of drug-likeness (QED) is 0.805. The van der Waals surface area contributed by atoms with Crippen molar-refractivity contribution >= 4 is 6.08 Å². The average molecular weight is 293 g/mol. The maximum absolute atomic E-state index is 13.7. The van der Waals surface area contributed by atoms with Gasteiger partial charge in [-0.2, -0.15) is 0 Å². The fraction of sp³-hybridized carbons (Fsp3) is 0.250. The highest BCUT2D eigenvalue weighted by Crippen LogP contribution is 2.23. The summed E-state index contributed by atoms with van der Waals surface area (Å²) in [6.45, 7) is 2.10. The van der Waals surface area contributed by atoms with Crippen LogP contribution in [0.25, 0.3) is 6.08 Å². The SMILES string of the molecule is CC(O)(CNC/C=C/c1ccco1)c1ccc(F)cc1F. The fourth-order valence-corrected chi connectivity index (χ4v) is 1.98. The van der Waals surface area contributed by atoms with Crippen LogP contribution in [-0.2, 0) is 5.60 Å². The molecular weight excluding hydrogens is 276 g/mol. The van der Waals surface area contributed by atoms with E-state index in [-0.39, 0.29) is 12.1 Å². The van der Waals surface area contributed by atoms with Crippen molar-refractivity contribution in [3.8, 4) is 0 Å². The van der Waals surface area contributed by atoms with Crippen molar-refractivity contribution in [3.05, 3.63) is 65.6 Å². The lowest BCUT2D eigenvalue weighted by Gasteiger charge is -2.24. The van der Waals surface area contributed by atoms with E-state index in [0.29, 0.717) is 6.54 Å². The molecule has 2 rings (SSSR count). The topological polar surface area (TPSA) is 45.4 Å². The van der Waals surface area contributed by atoms with Crippen LogP contribution in [0, 0.1) is 11.6 Å². The van der Waals surface area contributed by atoms with E-state index in [1.165, 1.54) is 13.0 Å². The number of rotatable bonds is 6. The first-order valence-electron chi connectivity index (χ1n) is 6.58. The standard InChI is InChI=1S/C16H17F2NO2/c1-16(20,14-7-6-12(17)10-15(14)18)11-19-8-2-4-13-5-3-9-21-13/h2-7,9-10,19-20H,8,11H2,1H3/b4-2+. The van der Waals surface area contributed by atoms with Crippen LogP contribution in [0.4, 0.5) is 8.78 Å². The molecule has 0 saturated carbocycles. The molecule has 2 N–H and O–H groups in total. The highest BCUT2D eigenvalue weighted by atomic mass is 19.1. The molecule has 0 aliphatic heterocycles. The minimum Gasteiger partial charge on any atom is -0.465 e. The molecule has 3 nitrogen and oxygen atoms in total. The van der Waals surface area contributed by atoms with Gasteiger partial charge in [0.15, 0.2) is 0 Å². The Balaban J connectivity index is 1.89. The Kier molecular flexibility index (Phi) is 4.88. The molecule has 1 unspecified atom stereocenters. The third kappa shape index (κ3) is 4.24. The van der Waals surface area contributed by atoms with Crippen LogP contribution in [0.1, 0.15) is 18.2 Å². The van der Waals surface area contributed by atoms with Crippen LogP contribution in [0.5, 0.6) is 0 Å². The lowest BCUT2D eigenvalue weighted by molar-refractivity contribution is 0.0542. The molecule has 0 radical (unpaired) electrons. The zero-order valence-electron chi connectivity index (χ0n) is 11.6. The average Bonchev–Trinajstić information content (AvgIpc) is 2.91. The van der Waals surface area contributed by atoms with Gasteiger partial charge in [-0.1, -0.05) is 12.1 Å². The second-order valence-corrected chi connectivity index (χ2v) is 4.95. The van der Waals surface area contributed by atoms with E-state index >= 15 is 0 Å². The molecule has 0 amide bonds. The van der Waals surface area contributed by atoms with Gasteiger partial charge < -0.3 is 14.8 Å². The van der Waals surface area contributed by atoms with Gasteiger partial charge in [0.25, 0.3) is 0 Å². The first-order chi connectivity index (χ1) is 9.99. The minimum atomic E-state index is -1.42. The number of aliphatic hydroxyl groups is 1. The molecule has 1 atom stereocenters. The molecule has 112 valence electrons. The maximum Gasteiger partial charge on any atom is 0.132 e. The molecule has 0 aliphatic rings. The fourth-order valence-electron chi connectivity index (χ4n) is 1.98. The van der Waals surface area contributed by atoms with Gasteiger partial charge in [-0.3, -0.25) is 0 Å². The van der Waals surface area contributed by atoms with Crippen LogP contribution in [0.15, 0.2) is 47.1 Å². The Morgan fingerprint density at radius 3 is 2.81 bits per heavy atom. The van der Waals surface area contributed by atoms with Gasteiger partial charge in [0.2, 0.25) is 0 Å². The summed E-state index contributed by atoms with van der Waals surface area (Å²) in [7, 11) is 0.